The SMILES string of the molecule is O=[N+]([O-])c1ccc(SCCS(=O)(=O)Cl)c(C(F)F)c1. The number of non-ortho nitro benzene ring substituents is 1. The van der Waals surface area contributed by atoms with E-state index in [1.54, 1.807) is 0 Å². The molecule has 106 valence electrons. The summed E-state index contributed by atoms with van der Waals surface area (Å²) in [6, 6.07) is 3.04. The average Bonchev–Trinajstić information content (AvgIpc) is 2.27. The maximum Gasteiger partial charge on any atom is 0.269 e. The number of halogens is 3. The van der Waals surface area contributed by atoms with Crippen LogP contribution in [0.2, 0.25) is 0 Å². The highest BCUT2D eigenvalue weighted by Gasteiger charge is 2.18. The van der Waals surface area contributed by atoms with Gasteiger partial charge in [0.15, 0.2) is 0 Å². The van der Waals surface area contributed by atoms with Crippen molar-refractivity contribution in [3.05, 3.63) is 33.9 Å². The number of nitro groups is 1. The second kappa shape index (κ2) is 6.49. The van der Waals surface area contributed by atoms with Gasteiger partial charge in [-0.2, -0.15) is 0 Å². The third kappa shape index (κ3) is 5.29. The molecular weight excluding hydrogens is 324 g/mol. The van der Waals surface area contributed by atoms with E-state index < -0.39 is 31.7 Å². The van der Waals surface area contributed by atoms with Crippen molar-refractivity contribution in [3.8, 4) is 0 Å². The highest BCUT2D eigenvalue weighted by atomic mass is 35.7. The van der Waals surface area contributed by atoms with Crippen molar-refractivity contribution in [2.45, 2.75) is 11.3 Å². The molecule has 0 atom stereocenters. The first-order valence-electron chi connectivity index (χ1n) is 4.82. The third-order valence-corrected chi connectivity index (χ3v) is 4.53. The molecule has 5 nitrogen and oxygen atoms in total. The van der Waals surface area contributed by atoms with Gasteiger partial charge in [0.25, 0.3) is 12.1 Å². The number of nitro benzene ring substituents is 1. The van der Waals surface area contributed by atoms with Gasteiger partial charge in [0, 0.05) is 39.0 Å². The minimum absolute atomic E-state index is 0.0106. The van der Waals surface area contributed by atoms with Gasteiger partial charge in [0.1, 0.15) is 0 Å². The van der Waals surface area contributed by atoms with Crippen molar-refractivity contribution in [1.82, 2.24) is 0 Å². The second-order valence-corrected chi connectivity index (χ2v) is 7.40. The van der Waals surface area contributed by atoms with Gasteiger partial charge in [-0.15, -0.1) is 11.8 Å². The van der Waals surface area contributed by atoms with Gasteiger partial charge in [0.05, 0.1) is 10.7 Å². The smallest absolute Gasteiger partial charge is 0.258 e. The molecule has 0 radical (unpaired) electrons. The normalized spacial score (nSPS) is 11.8. The molecule has 0 unspecified atom stereocenters. The van der Waals surface area contributed by atoms with Crippen LogP contribution in [0.3, 0.4) is 0 Å². The third-order valence-electron chi connectivity index (χ3n) is 2.02. The van der Waals surface area contributed by atoms with Gasteiger partial charge in [0.2, 0.25) is 9.05 Å². The summed E-state index contributed by atoms with van der Waals surface area (Å²) in [4.78, 5) is 9.81. The van der Waals surface area contributed by atoms with E-state index in [0.29, 0.717) is 0 Å². The van der Waals surface area contributed by atoms with E-state index in [2.05, 4.69) is 0 Å². The topological polar surface area (TPSA) is 77.3 Å². The predicted octanol–water partition coefficient (Wildman–Crippen LogP) is 3.19. The monoisotopic (exact) mass is 331 g/mol. The van der Waals surface area contributed by atoms with Crippen molar-refractivity contribution in [1.29, 1.82) is 0 Å². The number of thioether (sulfide) groups is 1. The molecule has 0 aliphatic heterocycles. The summed E-state index contributed by atoms with van der Waals surface area (Å²) in [5.41, 5.74) is -0.934. The van der Waals surface area contributed by atoms with E-state index >= 15 is 0 Å². The number of nitrogens with zero attached hydrogens (tertiary/aromatic N) is 1. The van der Waals surface area contributed by atoms with E-state index in [-0.39, 0.29) is 16.4 Å². The molecule has 0 aliphatic carbocycles. The quantitative estimate of drug-likeness (QED) is 0.346. The van der Waals surface area contributed by atoms with Crippen LogP contribution in [-0.2, 0) is 9.05 Å². The fourth-order valence-corrected chi connectivity index (χ4v) is 3.60. The molecule has 1 rings (SSSR count). The first-order chi connectivity index (χ1) is 8.70. The number of benzene rings is 1. The zero-order chi connectivity index (χ0) is 14.6. The molecule has 0 heterocycles. The highest BCUT2D eigenvalue weighted by molar-refractivity contribution is 8.14. The van der Waals surface area contributed by atoms with E-state index in [4.69, 9.17) is 10.7 Å². The van der Waals surface area contributed by atoms with E-state index in [0.717, 1.165) is 23.9 Å². The van der Waals surface area contributed by atoms with E-state index in [1.165, 1.54) is 6.07 Å². The molecule has 1 aromatic carbocycles. The Kier molecular flexibility index (Phi) is 5.50. The van der Waals surface area contributed by atoms with Gasteiger partial charge >= 0.3 is 0 Å². The molecule has 10 heteroatoms. The van der Waals surface area contributed by atoms with Crippen LogP contribution in [-0.4, -0.2) is 24.8 Å². The maximum absolute atomic E-state index is 12.8. The average molecular weight is 332 g/mol. The maximum atomic E-state index is 12.8. The Labute approximate surface area is 116 Å². The Balaban J connectivity index is 2.91. The van der Waals surface area contributed by atoms with Crippen molar-refractivity contribution in [2.24, 2.45) is 0 Å². The molecule has 0 saturated heterocycles. The fourth-order valence-electron chi connectivity index (χ4n) is 1.20. The lowest BCUT2D eigenvalue weighted by molar-refractivity contribution is -0.385. The molecule has 0 aliphatic rings. The molecular formula is C9H8ClF2NO4S2. The lowest BCUT2D eigenvalue weighted by Gasteiger charge is -2.07. The van der Waals surface area contributed by atoms with Crippen molar-refractivity contribution >= 4 is 37.2 Å². The Morgan fingerprint density at radius 3 is 2.53 bits per heavy atom. The summed E-state index contributed by atoms with van der Waals surface area (Å²) in [6.07, 6.45) is -2.88. The Bertz CT molecular complexity index is 580. The van der Waals surface area contributed by atoms with Crippen LogP contribution in [0.15, 0.2) is 23.1 Å². The van der Waals surface area contributed by atoms with Gasteiger partial charge in [-0.05, 0) is 6.07 Å². The Morgan fingerprint density at radius 1 is 1.42 bits per heavy atom. The van der Waals surface area contributed by atoms with Gasteiger partial charge in [-0.3, -0.25) is 10.1 Å². The Hall–Kier alpha value is -0.930. The molecule has 0 spiro atoms. The molecule has 0 aromatic heterocycles. The summed E-state index contributed by atoms with van der Waals surface area (Å²) in [7, 11) is 1.30. The summed E-state index contributed by atoms with van der Waals surface area (Å²) in [5.74, 6) is -0.387. The van der Waals surface area contributed by atoms with Crippen LogP contribution in [0.25, 0.3) is 0 Å². The van der Waals surface area contributed by atoms with Crippen LogP contribution in [0, 0.1) is 10.1 Å². The summed E-state index contributed by atoms with van der Waals surface area (Å²) in [6.45, 7) is 0. The standard InChI is InChI=1S/C9H8ClF2NO4S2/c10-19(16,17)4-3-18-8-2-1-6(13(14)15)5-7(8)9(11)12/h1-2,5,9H,3-4H2. The number of rotatable bonds is 6. The highest BCUT2D eigenvalue weighted by Crippen LogP contribution is 2.33. The van der Waals surface area contributed by atoms with Crippen LogP contribution in [0.4, 0.5) is 14.5 Å². The molecule has 0 amide bonds. The summed E-state index contributed by atoms with van der Waals surface area (Å²) < 4.78 is 46.9. The minimum Gasteiger partial charge on any atom is -0.258 e. The number of hydrogen-bond acceptors (Lipinski definition) is 5. The molecule has 1 aromatic rings. The Morgan fingerprint density at radius 2 is 2.05 bits per heavy atom. The molecule has 19 heavy (non-hydrogen) atoms. The van der Waals surface area contributed by atoms with Gasteiger partial charge < -0.3 is 0 Å². The van der Waals surface area contributed by atoms with Crippen LogP contribution in [0.5, 0.6) is 0 Å². The van der Waals surface area contributed by atoms with Crippen LogP contribution < -0.4 is 0 Å². The molecule has 0 fully saturated rings. The molecule has 0 bridgehead atoms. The lowest BCUT2D eigenvalue weighted by atomic mass is 10.2. The first-order valence-corrected chi connectivity index (χ1v) is 8.29. The number of hydrogen-bond donors (Lipinski definition) is 0. The largest absolute Gasteiger partial charge is 0.269 e. The lowest BCUT2D eigenvalue weighted by Crippen LogP contribution is -2.00. The van der Waals surface area contributed by atoms with Gasteiger partial charge in [-0.25, -0.2) is 17.2 Å². The predicted molar refractivity (Wildman–Crippen MR) is 68.4 cm³/mol. The molecule has 0 N–H and O–H groups in total. The fraction of sp³-hybridized carbons (Fsp3) is 0.333. The minimum atomic E-state index is -3.69. The van der Waals surface area contributed by atoms with Crippen LogP contribution >= 0.6 is 22.4 Å². The van der Waals surface area contributed by atoms with Crippen LogP contribution in [0.1, 0.15) is 12.0 Å². The molecule has 0 saturated carbocycles. The zero-order valence-electron chi connectivity index (χ0n) is 9.25. The van der Waals surface area contributed by atoms with Crippen molar-refractivity contribution < 1.29 is 22.1 Å². The van der Waals surface area contributed by atoms with Crippen molar-refractivity contribution in [3.63, 3.8) is 0 Å². The van der Waals surface area contributed by atoms with E-state index in [9.17, 15) is 27.3 Å². The van der Waals surface area contributed by atoms with Crippen molar-refractivity contribution in [2.75, 3.05) is 11.5 Å². The first kappa shape index (κ1) is 16.1. The number of alkyl halides is 2. The van der Waals surface area contributed by atoms with Gasteiger partial charge in [-0.1, -0.05) is 0 Å². The van der Waals surface area contributed by atoms with E-state index in [1.807, 2.05) is 0 Å². The second-order valence-electron chi connectivity index (χ2n) is 3.37. The zero-order valence-corrected chi connectivity index (χ0v) is 11.6. The summed E-state index contributed by atoms with van der Waals surface area (Å²) >= 11 is 0.856. The summed E-state index contributed by atoms with van der Waals surface area (Å²) in [5, 5.41) is 10.5.